The first-order chi connectivity index (χ1) is 32.2. The molecule has 0 unspecified atom stereocenters. The van der Waals surface area contributed by atoms with E-state index in [-0.39, 0.29) is 38.8 Å². The Morgan fingerprint density at radius 1 is 0.647 bits per heavy atom. The molecule has 1 aromatic rings. The van der Waals surface area contributed by atoms with Crippen LogP contribution in [0.25, 0.3) is 0 Å². The standard InChI is InChI=1S/C44H67N9O13S2/c1-24(45)36(57)48-29(18-22-68-5)42(63)52-19-9-13-32(52)41(62)50-31(23-27-11-7-6-8-12-27)39(60)46-25(2)37(58)51-35(26(3)54)43(64)53-20-10-14-33(53)40(61)47-28(17-21-67-4)38(59)49-30(44(65)66)15-16-34(55)56/h6-8,11-12,24-26,28-33,35,54H,9-10,13-23,45H2,1-5H3,(H,46,60)(H,47,61)(H,48,57)(H,49,59)(H,50,62)(H,51,58)(H,55,56)(H,65,66)/t24-,25-,26+,28-,29-,30-,31-,32-,33-,35-/m0/s1. The molecule has 11 N–H and O–H groups in total. The average Bonchev–Trinajstić information content (AvgIpc) is 4.00. The van der Waals surface area contributed by atoms with Gasteiger partial charge in [0.15, 0.2) is 0 Å². The van der Waals surface area contributed by atoms with Crippen molar-refractivity contribution in [2.45, 2.75) is 139 Å². The van der Waals surface area contributed by atoms with Crippen LogP contribution in [0, 0.1) is 0 Å². The number of aliphatic hydroxyl groups is 1. The quantitative estimate of drug-likeness (QED) is 0.0471. The summed E-state index contributed by atoms with van der Waals surface area (Å²) in [5, 5.41) is 44.7. The van der Waals surface area contributed by atoms with Crippen LogP contribution in [0.3, 0.4) is 0 Å². The number of thioether (sulfide) groups is 2. The number of aliphatic carboxylic acids is 2. The van der Waals surface area contributed by atoms with Crippen LogP contribution in [-0.2, 0) is 54.4 Å². The Balaban J connectivity index is 1.75. The smallest absolute Gasteiger partial charge is 0.326 e. The lowest BCUT2D eigenvalue weighted by Crippen LogP contribution is -2.61. The number of benzene rings is 1. The number of amides is 8. The summed E-state index contributed by atoms with van der Waals surface area (Å²) in [7, 11) is 0. The predicted octanol–water partition coefficient (Wildman–Crippen LogP) is -1.68. The van der Waals surface area contributed by atoms with Crippen LogP contribution in [-0.4, -0.2) is 182 Å². The molecule has 1 aromatic carbocycles. The molecular weight excluding hydrogens is 927 g/mol. The molecule has 0 aliphatic carbocycles. The monoisotopic (exact) mass is 993 g/mol. The number of hydrogen-bond donors (Lipinski definition) is 10. The van der Waals surface area contributed by atoms with Crippen molar-refractivity contribution < 1.29 is 63.3 Å². The van der Waals surface area contributed by atoms with E-state index in [1.807, 2.05) is 6.26 Å². The van der Waals surface area contributed by atoms with Crippen molar-refractivity contribution in [1.82, 2.24) is 41.7 Å². The third-order valence-electron chi connectivity index (χ3n) is 11.5. The summed E-state index contributed by atoms with van der Waals surface area (Å²) < 4.78 is 0. The molecule has 10 atom stereocenters. The highest BCUT2D eigenvalue weighted by molar-refractivity contribution is 7.98. The number of carbonyl (C=O) groups excluding carboxylic acids is 8. The van der Waals surface area contributed by atoms with Gasteiger partial charge in [-0.2, -0.15) is 23.5 Å². The highest BCUT2D eigenvalue weighted by Crippen LogP contribution is 2.22. The van der Waals surface area contributed by atoms with E-state index in [0.717, 1.165) is 4.90 Å². The molecular formula is C44H67N9O13S2. The third kappa shape index (κ3) is 17.3. The van der Waals surface area contributed by atoms with Crippen molar-refractivity contribution in [2.75, 3.05) is 37.1 Å². The largest absolute Gasteiger partial charge is 0.481 e. The molecule has 2 saturated heterocycles. The lowest BCUT2D eigenvalue weighted by atomic mass is 10.0. The van der Waals surface area contributed by atoms with Gasteiger partial charge in [-0.05, 0) is 95.3 Å². The van der Waals surface area contributed by atoms with E-state index in [4.69, 9.17) is 10.8 Å². The molecule has 2 aliphatic heterocycles. The molecule has 0 radical (unpaired) electrons. The van der Waals surface area contributed by atoms with E-state index < -0.39 is 133 Å². The zero-order valence-electron chi connectivity index (χ0n) is 39.1. The molecule has 2 fully saturated rings. The SMILES string of the molecule is CSCC[C@H](NC(=O)[C@@H]1CCCN1C(=O)[C@@H](NC(=O)[C@H](C)NC(=O)[C@H](Cc1ccccc1)NC(=O)[C@@H]1CCCN1C(=O)[C@H](CCSC)NC(=O)[C@H](C)N)[C@@H](C)O)C(=O)N[C@@H](CCC(=O)O)C(=O)O. The number of nitrogens with one attached hydrogen (secondary N) is 6. The summed E-state index contributed by atoms with van der Waals surface area (Å²) in [5.41, 5.74) is 6.42. The van der Waals surface area contributed by atoms with E-state index in [1.165, 1.54) is 49.2 Å². The van der Waals surface area contributed by atoms with E-state index in [0.29, 0.717) is 36.3 Å². The van der Waals surface area contributed by atoms with Crippen molar-refractivity contribution >= 4 is 82.7 Å². The number of likely N-dealkylation sites (tertiary alicyclic amines) is 2. The number of hydrogen-bond acceptors (Lipinski definition) is 14. The van der Waals surface area contributed by atoms with Gasteiger partial charge in [0, 0.05) is 25.9 Å². The summed E-state index contributed by atoms with van der Waals surface area (Å²) in [6.07, 6.45) is 2.84. The summed E-state index contributed by atoms with van der Waals surface area (Å²) in [6, 6.07) is -2.11. The summed E-state index contributed by atoms with van der Waals surface area (Å²) in [6.45, 7) is 4.37. The Labute approximate surface area is 404 Å². The maximum absolute atomic E-state index is 14.0. The maximum atomic E-state index is 14.0. The van der Waals surface area contributed by atoms with Crippen molar-refractivity contribution in [2.24, 2.45) is 5.73 Å². The molecule has 2 heterocycles. The highest BCUT2D eigenvalue weighted by Gasteiger charge is 2.42. The third-order valence-corrected chi connectivity index (χ3v) is 12.8. The Morgan fingerprint density at radius 2 is 1.16 bits per heavy atom. The summed E-state index contributed by atoms with van der Waals surface area (Å²) in [4.78, 5) is 134. The fourth-order valence-corrected chi connectivity index (χ4v) is 8.67. The second-order valence-corrected chi connectivity index (χ2v) is 18.9. The van der Waals surface area contributed by atoms with Gasteiger partial charge in [0.2, 0.25) is 47.3 Å². The first kappa shape index (κ1) is 56.9. The topological polar surface area (TPSA) is 336 Å². The normalized spacial score (nSPS) is 19.2. The summed E-state index contributed by atoms with van der Waals surface area (Å²) >= 11 is 2.84. The Bertz CT molecular complexity index is 1950. The fourth-order valence-electron chi connectivity index (χ4n) is 7.72. The lowest BCUT2D eigenvalue weighted by molar-refractivity contribution is -0.145. The molecule has 24 heteroatoms. The predicted molar refractivity (Wildman–Crippen MR) is 253 cm³/mol. The van der Waals surface area contributed by atoms with E-state index >= 15 is 0 Å². The van der Waals surface area contributed by atoms with Crippen molar-refractivity contribution in [3.63, 3.8) is 0 Å². The fraction of sp³-hybridized carbons (Fsp3) is 0.636. The van der Waals surface area contributed by atoms with Crippen LogP contribution in [0.2, 0.25) is 0 Å². The van der Waals surface area contributed by atoms with Crippen molar-refractivity contribution in [1.29, 1.82) is 0 Å². The molecule has 68 heavy (non-hydrogen) atoms. The van der Waals surface area contributed by atoms with Crippen LogP contribution < -0.4 is 37.6 Å². The van der Waals surface area contributed by atoms with Crippen LogP contribution in [0.1, 0.15) is 77.7 Å². The van der Waals surface area contributed by atoms with Gasteiger partial charge >= 0.3 is 11.9 Å². The van der Waals surface area contributed by atoms with Crippen LogP contribution in [0.15, 0.2) is 30.3 Å². The molecule has 0 aromatic heterocycles. The zero-order valence-corrected chi connectivity index (χ0v) is 40.7. The van der Waals surface area contributed by atoms with E-state index in [9.17, 15) is 58.2 Å². The minimum atomic E-state index is -1.60. The van der Waals surface area contributed by atoms with E-state index in [1.54, 1.807) is 36.6 Å². The van der Waals surface area contributed by atoms with Gasteiger partial charge in [-0.15, -0.1) is 0 Å². The second-order valence-electron chi connectivity index (χ2n) is 16.9. The molecule has 3 rings (SSSR count). The molecule has 0 saturated carbocycles. The minimum absolute atomic E-state index is 0.00787. The number of carboxylic acid groups (broad SMARTS) is 2. The highest BCUT2D eigenvalue weighted by atomic mass is 32.2. The minimum Gasteiger partial charge on any atom is -0.481 e. The second kappa shape index (κ2) is 28.1. The number of nitrogens with two attached hydrogens (primary N) is 1. The number of nitrogens with zero attached hydrogens (tertiary/aromatic N) is 2. The molecule has 0 bridgehead atoms. The first-order valence-corrected chi connectivity index (χ1v) is 25.3. The van der Waals surface area contributed by atoms with Gasteiger partial charge in [0.25, 0.3) is 0 Å². The van der Waals surface area contributed by atoms with Crippen LogP contribution in [0.5, 0.6) is 0 Å². The molecule has 8 amide bonds. The summed E-state index contributed by atoms with van der Waals surface area (Å²) in [5.74, 6) is -7.47. The van der Waals surface area contributed by atoms with Crippen LogP contribution >= 0.6 is 23.5 Å². The van der Waals surface area contributed by atoms with Crippen molar-refractivity contribution in [3.8, 4) is 0 Å². The Morgan fingerprint density at radius 3 is 1.68 bits per heavy atom. The Hall–Kier alpha value is -5.46. The average molecular weight is 994 g/mol. The Kier molecular flexibility index (Phi) is 23.5. The van der Waals surface area contributed by atoms with Crippen LogP contribution in [0.4, 0.5) is 0 Å². The lowest BCUT2D eigenvalue weighted by Gasteiger charge is -2.32. The van der Waals surface area contributed by atoms with Gasteiger partial charge in [-0.1, -0.05) is 30.3 Å². The zero-order chi connectivity index (χ0) is 50.7. The van der Waals surface area contributed by atoms with Gasteiger partial charge < -0.3 is 62.8 Å². The molecule has 22 nitrogen and oxygen atoms in total. The van der Waals surface area contributed by atoms with Crippen molar-refractivity contribution in [3.05, 3.63) is 35.9 Å². The number of aliphatic hydroxyl groups excluding tert-OH is 1. The number of carbonyl (C=O) groups is 10. The van der Waals surface area contributed by atoms with E-state index in [2.05, 4.69) is 31.9 Å². The molecule has 2 aliphatic rings. The maximum Gasteiger partial charge on any atom is 0.326 e. The number of carboxylic acids is 2. The number of rotatable bonds is 27. The van der Waals surface area contributed by atoms with Gasteiger partial charge in [-0.25, -0.2) is 4.79 Å². The first-order valence-electron chi connectivity index (χ1n) is 22.5. The van der Waals surface area contributed by atoms with Gasteiger partial charge in [0.1, 0.15) is 48.3 Å². The van der Waals surface area contributed by atoms with Gasteiger partial charge in [0.05, 0.1) is 12.1 Å². The van der Waals surface area contributed by atoms with Gasteiger partial charge in [-0.3, -0.25) is 43.2 Å². The molecule has 0 spiro atoms. The molecule has 378 valence electrons.